The molecule has 1 aliphatic heterocycles. The van der Waals surface area contributed by atoms with Crippen LogP contribution in [0.3, 0.4) is 0 Å². The number of rotatable bonds is 5. The molecule has 0 unspecified atom stereocenters. The van der Waals surface area contributed by atoms with Crippen LogP contribution in [0.5, 0.6) is 0 Å². The Kier molecular flexibility index (Phi) is 6.03. The summed E-state index contributed by atoms with van der Waals surface area (Å²) in [4.78, 5) is 34.3. The van der Waals surface area contributed by atoms with E-state index in [1.54, 1.807) is 6.92 Å². The molecule has 0 saturated heterocycles. The van der Waals surface area contributed by atoms with E-state index >= 15 is 0 Å². The van der Waals surface area contributed by atoms with Gasteiger partial charge >= 0.3 is 0 Å². The summed E-state index contributed by atoms with van der Waals surface area (Å²) in [6, 6.07) is 6.12. The SMILES string of the molecule is CC(=O)N1CCc2ccc(Nc3nc(N[C@@H]4CCCC[C@@H]4N)ncc3C(N)=O)cc2C1. The molecule has 9 heteroatoms. The van der Waals surface area contributed by atoms with E-state index in [0.29, 0.717) is 18.3 Å². The molecule has 2 heterocycles. The molecule has 1 aromatic heterocycles. The fourth-order valence-electron chi connectivity index (χ4n) is 4.27. The minimum atomic E-state index is -0.607. The summed E-state index contributed by atoms with van der Waals surface area (Å²) in [7, 11) is 0. The number of amides is 2. The first-order chi connectivity index (χ1) is 14.9. The molecule has 31 heavy (non-hydrogen) atoms. The van der Waals surface area contributed by atoms with Gasteiger partial charge in [-0.3, -0.25) is 9.59 Å². The molecule has 2 atom stereocenters. The molecule has 0 radical (unpaired) electrons. The Morgan fingerprint density at radius 2 is 2.00 bits per heavy atom. The van der Waals surface area contributed by atoms with Crippen molar-refractivity contribution in [3.63, 3.8) is 0 Å². The van der Waals surface area contributed by atoms with Gasteiger partial charge in [-0.05, 0) is 42.5 Å². The highest BCUT2D eigenvalue weighted by atomic mass is 16.2. The molecule has 1 aromatic carbocycles. The van der Waals surface area contributed by atoms with Gasteiger partial charge in [0.15, 0.2) is 0 Å². The first-order valence-electron chi connectivity index (χ1n) is 10.7. The number of carbonyl (C=O) groups excluding carboxylic acids is 2. The zero-order chi connectivity index (χ0) is 22.0. The van der Waals surface area contributed by atoms with Crippen molar-refractivity contribution in [1.29, 1.82) is 0 Å². The Labute approximate surface area is 181 Å². The number of nitrogens with two attached hydrogens (primary N) is 2. The molecule has 1 aliphatic carbocycles. The number of nitrogens with one attached hydrogen (secondary N) is 2. The Bertz CT molecular complexity index is 994. The number of hydrogen-bond donors (Lipinski definition) is 4. The highest BCUT2D eigenvalue weighted by molar-refractivity contribution is 5.98. The quantitative estimate of drug-likeness (QED) is 0.576. The van der Waals surface area contributed by atoms with E-state index in [4.69, 9.17) is 11.5 Å². The molecule has 6 N–H and O–H groups in total. The van der Waals surface area contributed by atoms with Crippen molar-refractivity contribution < 1.29 is 9.59 Å². The van der Waals surface area contributed by atoms with Gasteiger partial charge in [-0.2, -0.15) is 4.98 Å². The van der Waals surface area contributed by atoms with Crippen molar-refractivity contribution in [2.45, 2.75) is 57.7 Å². The average molecular weight is 424 g/mol. The van der Waals surface area contributed by atoms with Crippen molar-refractivity contribution in [3.8, 4) is 0 Å². The third kappa shape index (κ3) is 4.77. The summed E-state index contributed by atoms with van der Waals surface area (Å²) >= 11 is 0. The third-order valence-corrected chi connectivity index (χ3v) is 6.11. The second kappa shape index (κ2) is 8.89. The number of anilines is 3. The van der Waals surface area contributed by atoms with E-state index in [-0.39, 0.29) is 23.6 Å². The van der Waals surface area contributed by atoms with Crippen LogP contribution in [-0.2, 0) is 17.8 Å². The molecular formula is C22H29N7O2. The fourth-order valence-corrected chi connectivity index (χ4v) is 4.27. The molecule has 1 fully saturated rings. The van der Waals surface area contributed by atoms with Gasteiger partial charge in [0, 0.05) is 44.0 Å². The van der Waals surface area contributed by atoms with E-state index < -0.39 is 5.91 Å². The molecule has 2 aliphatic rings. The number of aromatic nitrogens is 2. The van der Waals surface area contributed by atoms with Crippen LogP contribution in [0.15, 0.2) is 24.4 Å². The van der Waals surface area contributed by atoms with Crippen LogP contribution < -0.4 is 22.1 Å². The molecule has 0 spiro atoms. The zero-order valence-corrected chi connectivity index (χ0v) is 17.7. The zero-order valence-electron chi connectivity index (χ0n) is 17.7. The number of benzene rings is 1. The van der Waals surface area contributed by atoms with Crippen LogP contribution >= 0.6 is 0 Å². The highest BCUT2D eigenvalue weighted by Crippen LogP contribution is 2.26. The van der Waals surface area contributed by atoms with E-state index in [0.717, 1.165) is 49.9 Å². The van der Waals surface area contributed by atoms with Gasteiger partial charge in [0.05, 0.1) is 0 Å². The van der Waals surface area contributed by atoms with Gasteiger partial charge in [-0.15, -0.1) is 0 Å². The van der Waals surface area contributed by atoms with Crippen LogP contribution in [0.2, 0.25) is 0 Å². The average Bonchev–Trinajstić information content (AvgIpc) is 2.75. The predicted octanol–water partition coefficient (Wildman–Crippen LogP) is 1.91. The van der Waals surface area contributed by atoms with Crippen molar-refractivity contribution in [2.75, 3.05) is 17.2 Å². The van der Waals surface area contributed by atoms with Gasteiger partial charge in [-0.1, -0.05) is 18.9 Å². The standard InChI is InChI=1S/C22H29N7O2/c1-13(30)29-9-8-14-6-7-16(10-15(14)12-29)26-21-17(20(24)31)11-25-22(28-21)27-19-5-3-2-4-18(19)23/h6-7,10-11,18-19H,2-5,8-9,12,23H2,1H3,(H2,24,31)(H2,25,26,27,28)/t18-,19+/m0/s1. The molecule has 2 aromatic rings. The first kappa shape index (κ1) is 21.0. The van der Waals surface area contributed by atoms with Gasteiger partial charge < -0.3 is 27.0 Å². The van der Waals surface area contributed by atoms with Crippen LogP contribution in [0.25, 0.3) is 0 Å². The lowest BCUT2D eigenvalue weighted by molar-refractivity contribution is -0.129. The van der Waals surface area contributed by atoms with E-state index in [1.807, 2.05) is 23.1 Å². The Hall–Kier alpha value is -3.20. The van der Waals surface area contributed by atoms with Crippen LogP contribution in [-0.4, -0.2) is 45.3 Å². The molecular weight excluding hydrogens is 394 g/mol. The highest BCUT2D eigenvalue weighted by Gasteiger charge is 2.23. The van der Waals surface area contributed by atoms with Crippen LogP contribution in [0.1, 0.15) is 54.1 Å². The second-order valence-electron chi connectivity index (χ2n) is 8.32. The van der Waals surface area contributed by atoms with E-state index in [1.165, 1.54) is 11.8 Å². The lowest BCUT2D eigenvalue weighted by Crippen LogP contribution is -2.43. The number of fused-ring (bicyclic) bond motifs is 1. The Morgan fingerprint density at radius 1 is 1.19 bits per heavy atom. The maximum absolute atomic E-state index is 11.9. The molecule has 9 nitrogen and oxygen atoms in total. The van der Waals surface area contributed by atoms with Crippen molar-refractivity contribution in [2.24, 2.45) is 11.5 Å². The van der Waals surface area contributed by atoms with Gasteiger partial charge in [0.25, 0.3) is 5.91 Å². The van der Waals surface area contributed by atoms with Crippen LogP contribution in [0.4, 0.5) is 17.5 Å². The molecule has 0 bridgehead atoms. The number of carbonyl (C=O) groups is 2. The minimum Gasteiger partial charge on any atom is -0.365 e. The second-order valence-corrected chi connectivity index (χ2v) is 8.32. The molecule has 164 valence electrons. The van der Waals surface area contributed by atoms with Gasteiger partial charge in [0.1, 0.15) is 11.4 Å². The Balaban J connectivity index is 1.57. The van der Waals surface area contributed by atoms with E-state index in [2.05, 4.69) is 20.6 Å². The van der Waals surface area contributed by atoms with Gasteiger partial charge in [0.2, 0.25) is 11.9 Å². The Morgan fingerprint density at radius 3 is 2.74 bits per heavy atom. The smallest absolute Gasteiger partial charge is 0.254 e. The molecule has 4 rings (SSSR count). The molecule has 2 amide bonds. The maximum atomic E-state index is 11.9. The normalized spacial score (nSPS) is 20.6. The topological polar surface area (TPSA) is 139 Å². The summed E-state index contributed by atoms with van der Waals surface area (Å²) < 4.78 is 0. The third-order valence-electron chi connectivity index (χ3n) is 6.11. The number of nitrogens with zero attached hydrogens (tertiary/aromatic N) is 3. The van der Waals surface area contributed by atoms with Crippen molar-refractivity contribution in [1.82, 2.24) is 14.9 Å². The largest absolute Gasteiger partial charge is 0.365 e. The summed E-state index contributed by atoms with van der Waals surface area (Å²) in [6.07, 6.45) is 6.43. The first-order valence-corrected chi connectivity index (χ1v) is 10.7. The fraction of sp³-hybridized carbons (Fsp3) is 0.455. The predicted molar refractivity (Wildman–Crippen MR) is 119 cm³/mol. The van der Waals surface area contributed by atoms with Crippen molar-refractivity contribution >= 4 is 29.3 Å². The summed E-state index contributed by atoms with van der Waals surface area (Å²) in [5.74, 6) is 0.209. The van der Waals surface area contributed by atoms with E-state index in [9.17, 15) is 9.59 Å². The lowest BCUT2D eigenvalue weighted by atomic mass is 9.91. The number of hydrogen-bond acceptors (Lipinski definition) is 7. The monoisotopic (exact) mass is 423 g/mol. The molecule has 1 saturated carbocycles. The van der Waals surface area contributed by atoms with Gasteiger partial charge in [-0.25, -0.2) is 4.98 Å². The summed E-state index contributed by atoms with van der Waals surface area (Å²) in [5.41, 5.74) is 15.0. The van der Waals surface area contributed by atoms with Crippen LogP contribution in [0, 0.1) is 0 Å². The summed E-state index contributed by atoms with van der Waals surface area (Å²) in [6.45, 7) is 2.88. The lowest BCUT2D eigenvalue weighted by Gasteiger charge is -2.29. The summed E-state index contributed by atoms with van der Waals surface area (Å²) in [5, 5.41) is 6.52. The van der Waals surface area contributed by atoms with Crippen molar-refractivity contribution in [3.05, 3.63) is 41.1 Å². The maximum Gasteiger partial charge on any atom is 0.254 e. The number of primary amides is 1. The minimum absolute atomic E-state index is 0.0504.